The van der Waals surface area contributed by atoms with Crippen LogP contribution in [-0.2, 0) is 6.42 Å². The third kappa shape index (κ3) is 2.86. The van der Waals surface area contributed by atoms with E-state index < -0.39 is 0 Å². The molecule has 2 heterocycles. The molecule has 0 unspecified atom stereocenters. The van der Waals surface area contributed by atoms with E-state index in [2.05, 4.69) is 75.1 Å². The Morgan fingerprint density at radius 1 is 1.00 bits per heavy atom. The van der Waals surface area contributed by atoms with Crippen LogP contribution in [-0.4, -0.2) is 16.2 Å². The van der Waals surface area contributed by atoms with Gasteiger partial charge >= 0.3 is 0 Å². The molecule has 2 heteroatoms. The molecule has 1 aliphatic heterocycles. The minimum absolute atomic E-state index is 0.0982. The second kappa shape index (κ2) is 5.80. The monoisotopic (exact) mass is 328 g/mol. The minimum atomic E-state index is -0.0982. The number of fused-ring (bicyclic) bond motifs is 2. The standard InChI is InChI=1S/C23H24N2/c1-15(2)18-9-7-10-19-20(18)13-23(3,4)25-22(19)17-12-16-8-5-6-11-21(16)24-14-17/h5-12,14-15H,13H2,1-4H3. The number of para-hydroxylation sites is 1. The van der Waals surface area contributed by atoms with Crippen LogP contribution in [0.5, 0.6) is 0 Å². The molecule has 3 aromatic rings. The first-order valence-electron chi connectivity index (χ1n) is 9.02. The van der Waals surface area contributed by atoms with Crippen LogP contribution in [0.1, 0.15) is 55.9 Å². The van der Waals surface area contributed by atoms with Crippen LogP contribution in [0.4, 0.5) is 0 Å². The Balaban J connectivity index is 1.94. The number of hydrogen-bond acceptors (Lipinski definition) is 2. The van der Waals surface area contributed by atoms with Gasteiger partial charge in [0.25, 0.3) is 0 Å². The largest absolute Gasteiger partial charge is 0.278 e. The van der Waals surface area contributed by atoms with Crippen LogP contribution in [0.15, 0.2) is 59.7 Å². The summed E-state index contributed by atoms with van der Waals surface area (Å²) in [6, 6.07) is 17.1. The van der Waals surface area contributed by atoms with Crippen molar-refractivity contribution in [3.8, 4) is 0 Å². The van der Waals surface area contributed by atoms with Gasteiger partial charge < -0.3 is 0 Å². The molecule has 0 aliphatic carbocycles. The minimum Gasteiger partial charge on any atom is -0.278 e. The summed E-state index contributed by atoms with van der Waals surface area (Å²) in [5.41, 5.74) is 7.26. The summed E-state index contributed by atoms with van der Waals surface area (Å²) in [5.74, 6) is 0.514. The van der Waals surface area contributed by atoms with E-state index in [1.54, 1.807) is 0 Å². The number of pyridine rings is 1. The zero-order chi connectivity index (χ0) is 17.6. The molecule has 0 radical (unpaired) electrons. The number of rotatable bonds is 2. The van der Waals surface area contributed by atoms with Crippen molar-refractivity contribution in [2.75, 3.05) is 0 Å². The van der Waals surface area contributed by atoms with Gasteiger partial charge in [-0.15, -0.1) is 0 Å². The lowest BCUT2D eigenvalue weighted by molar-refractivity contribution is 0.510. The number of hydrogen-bond donors (Lipinski definition) is 0. The second-order valence-corrected chi connectivity index (χ2v) is 7.89. The number of aromatic nitrogens is 1. The Bertz CT molecular complexity index is 980. The topological polar surface area (TPSA) is 25.2 Å². The van der Waals surface area contributed by atoms with Gasteiger partial charge in [0.05, 0.1) is 16.8 Å². The quantitative estimate of drug-likeness (QED) is 0.607. The van der Waals surface area contributed by atoms with Crippen molar-refractivity contribution in [3.63, 3.8) is 0 Å². The Morgan fingerprint density at radius 2 is 1.80 bits per heavy atom. The number of benzene rings is 2. The van der Waals surface area contributed by atoms with Crippen LogP contribution in [0, 0.1) is 0 Å². The molecule has 126 valence electrons. The molecule has 0 spiro atoms. The molecular weight excluding hydrogens is 304 g/mol. The van der Waals surface area contributed by atoms with Crippen LogP contribution in [0.3, 0.4) is 0 Å². The van der Waals surface area contributed by atoms with Gasteiger partial charge in [0.1, 0.15) is 0 Å². The normalized spacial score (nSPS) is 16.0. The van der Waals surface area contributed by atoms with Gasteiger partial charge in [-0.05, 0) is 49.4 Å². The highest BCUT2D eigenvalue weighted by molar-refractivity contribution is 6.15. The maximum atomic E-state index is 5.11. The van der Waals surface area contributed by atoms with Crippen molar-refractivity contribution < 1.29 is 0 Å². The predicted molar refractivity (Wildman–Crippen MR) is 106 cm³/mol. The lowest BCUT2D eigenvalue weighted by atomic mass is 9.80. The van der Waals surface area contributed by atoms with E-state index in [9.17, 15) is 0 Å². The molecule has 1 aliphatic rings. The van der Waals surface area contributed by atoms with E-state index in [0.717, 1.165) is 28.6 Å². The Morgan fingerprint density at radius 3 is 2.60 bits per heavy atom. The van der Waals surface area contributed by atoms with E-state index in [1.165, 1.54) is 16.7 Å². The number of aliphatic imine (C=N–C) groups is 1. The molecule has 0 amide bonds. The SMILES string of the molecule is CC(C)c1cccc2c1CC(C)(C)N=C2c1cnc2ccccc2c1. The lowest BCUT2D eigenvalue weighted by Crippen LogP contribution is -2.30. The predicted octanol–water partition coefficient (Wildman–Crippen LogP) is 5.53. The van der Waals surface area contributed by atoms with Crippen molar-refractivity contribution in [1.29, 1.82) is 0 Å². The summed E-state index contributed by atoms with van der Waals surface area (Å²) in [5, 5.41) is 1.16. The summed E-state index contributed by atoms with van der Waals surface area (Å²) in [7, 11) is 0. The highest BCUT2D eigenvalue weighted by Gasteiger charge is 2.29. The fourth-order valence-electron chi connectivity index (χ4n) is 3.82. The summed E-state index contributed by atoms with van der Waals surface area (Å²) in [6.07, 6.45) is 2.95. The van der Waals surface area contributed by atoms with Gasteiger partial charge in [0.15, 0.2) is 0 Å². The van der Waals surface area contributed by atoms with E-state index in [1.807, 2.05) is 12.3 Å². The van der Waals surface area contributed by atoms with E-state index >= 15 is 0 Å². The Labute approximate surface area is 149 Å². The maximum Gasteiger partial charge on any atom is 0.0744 e. The Hall–Kier alpha value is -2.48. The molecule has 0 atom stereocenters. The summed E-state index contributed by atoms with van der Waals surface area (Å²) < 4.78 is 0. The average Bonchev–Trinajstić information content (AvgIpc) is 2.59. The van der Waals surface area contributed by atoms with Crippen LogP contribution in [0.2, 0.25) is 0 Å². The van der Waals surface area contributed by atoms with Crippen molar-refractivity contribution in [2.45, 2.75) is 45.6 Å². The van der Waals surface area contributed by atoms with Gasteiger partial charge in [0, 0.05) is 22.7 Å². The maximum absolute atomic E-state index is 5.11. The average molecular weight is 328 g/mol. The van der Waals surface area contributed by atoms with E-state index in [4.69, 9.17) is 4.99 Å². The van der Waals surface area contributed by atoms with Gasteiger partial charge in [-0.1, -0.05) is 50.2 Å². The molecule has 2 aromatic carbocycles. The zero-order valence-electron chi connectivity index (χ0n) is 15.4. The van der Waals surface area contributed by atoms with Crippen molar-refractivity contribution in [3.05, 3.63) is 77.0 Å². The zero-order valence-corrected chi connectivity index (χ0v) is 15.4. The van der Waals surface area contributed by atoms with Crippen molar-refractivity contribution >= 4 is 16.6 Å². The molecule has 1 aromatic heterocycles. The van der Waals surface area contributed by atoms with Gasteiger partial charge in [-0.25, -0.2) is 0 Å². The Kier molecular flexibility index (Phi) is 3.72. The third-order valence-electron chi connectivity index (χ3n) is 4.98. The van der Waals surface area contributed by atoms with Crippen LogP contribution >= 0.6 is 0 Å². The fourth-order valence-corrected chi connectivity index (χ4v) is 3.82. The summed E-state index contributed by atoms with van der Waals surface area (Å²) in [4.78, 5) is 9.76. The second-order valence-electron chi connectivity index (χ2n) is 7.89. The molecule has 0 saturated heterocycles. The molecule has 4 rings (SSSR count). The van der Waals surface area contributed by atoms with Crippen LogP contribution < -0.4 is 0 Å². The van der Waals surface area contributed by atoms with E-state index in [-0.39, 0.29) is 5.54 Å². The highest BCUT2D eigenvalue weighted by atomic mass is 14.9. The molecule has 2 nitrogen and oxygen atoms in total. The van der Waals surface area contributed by atoms with Gasteiger partial charge in [-0.3, -0.25) is 9.98 Å². The molecule has 25 heavy (non-hydrogen) atoms. The molecular formula is C23H24N2. The number of nitrogens with zero attached hydrogens (tertiary/aromatic N) is 2. The van der Waals surface area contributed by atoms with E-state index in [0.29, 0.717) is 5.92 Å². The smallest absolute Gasteiger partial charge is 0.0744 e. The van der Waals surface area contributed by atoms with Gasteiger partial charge in [-0.2, -0.15) is 0 Å². The summed E-state index contributed by atoms with van der Waals surface area (Å²) >= 11 is 0. The first-order chi connectivity index (χ1) is 11.9. The molecule has 0 bridgehead atoms. The summed E-state index contributed by atoms with van der Waals surface area (Å²) in [6.45, 7) is 8.99. The fraction of sp³-hybridized carbons (Fsp3) is 0.304. The van der Waals surface area contributed by atoms with Crippen molar-refractivity contribution in [2.24, 2.45) is 4.99 Å². The van der Waals surface area contributed by atoms with Crippen molar-refractivity contribution in [1.82, 2.24) is 4.98 Å². The molecule has 0 N–H and O–H groups in total. The molecule has 0 saturated carbocycles. The third-order valence-corrected chi connectivity index (χ3v) is 4.98. The lowest BCUT2D eigenvalue weighted by Gasteiger charge is -2.31. The highest BCUT2D eigenvalue weighted by Crippen LogP contribution is 2.34. The molecule has 0 fully saturated rings. The van der Waals surface area contributed by atoms with Gasteiger partial charge in [0.2, 0.25) is 0 Å². The first kappa shape index (κ1) is 16.0. The first-order valence-corrected chi connectivity index (χ1v) is 9.02. The van der Waals surface area contributed by atoms with Crippen LogP contribution in [0.25, 0.3) is 10.9 Å².